The molecule has 0 saturated heterocycles. The van der Waals surface area contributed by atoms with Gasteiger partial charge in [-0.15, -0.1) is 0 Å². The highest BCUT2D eigenvalue weighted by Crippen LogP contribution is 2.32. The number of hydrogen-bond acceptors (Lipinski definition) is 2. The van der Waals surface area contributed by atoms with Crippen LogP contribution in [0.15, 0.2) is 30.5 Å². The Morgan fingerprint density at radius 2 is 1.68 bits per heavy atom. The second-order valence-corrected chi connectivity index (χ2v) is 5.18. The molecule has 0 fully saturated rings. The van der Waals surface area contributed by atoms with E-state index < -0.39 is 0 Å². The maximum Gasteiger partial charge on any atom is 0.255 e. The Hall–Kier alpha value is -1.00. The SMILES string of the molecule is O=C(Nc1cc(Cl)c(Cl)cc1Cl)c1ccnc(Cl)c1. The third kappa shape index (κ3) is 3.51. The topological polar surface area (TPSA) is 42.0 Å². The zero-order valence-electron chi connectivity index (χ0n) is 9.25. The van der Waals surface area contributed by atoms with Crippen molar-refractivity contribution in [1.29, 1.82) is 0 Å². The maximum atomic E-state index is 12.0. The summed E-state index contributed by atoms with van der Waals surface area (Å²) in [6.45, 7) is 0. The van der Waals surface area contributed by atoms with Crippen LogP contribution in [0.2, 0.25) is 20.2 Å². The molecule has 0 aliphatic rings. The maximum absolute atomic E-state index is 12.0. The summed E-state index contributed by atoms with van der Waals surface area (Å²) in [6, 6.07) is 5.92. The normalized spacial score (nSPS) is 10.3. The van der Waals surface area contributed by atoms with Crippen LogP contribution in [0.3, 0.4) is 0 Å². The van der Waals surface area contributed by atoms with E-state index in [1.165, 1.54) is 30.5 Å². The third-order valence-corrected chi connectivity index (χ3v) is 3.49. The molecule has 0 spiro atoms. The molecule has 0 aliphatic heterocycles. The van der Waals surface area contributed by atoms with Gasteiger partial charge in [0.2, 0.25) is 0 Å². The van der Waals surface area contributed by atoms with Gasteiger partial charge in [-0.1, -0.05) is 46.4 Å². The largest absolute Gasteiger partial charge is 0.321 e. The number of carbonyl (C=O) groups is 1. The number of rotatable bonds is 2. The Bertz CT molecular complexity index is 646. The van der Waals surface area contributed by atoms with Gasteiger partial charge in [0.15, 0.2) is 0 Å². The quantitative estimate of drug-likeness (QED) is 0.623. The second kappa shape index (κ2) is 5.97. The molecule has 0 saturated carbocycles. The number of hydrogen-bond donors (Lipinski definition) is 1. The lowest BCUT2D eigenvalue weighted by atomic mass is 10.2. The van der Waals surface area contributed by atoms with E-state index >= 15 is 0 Å². The molecule has 19 heavy (non-hydrogen) atoms. The highest BCUT2D eigenvalue weighted by atomic mass is 35.5. The van der Waals surface area contributed by atoms with Gasteiger partial charge in [-0.3, -0.25) is 4.79 Å². The van der Waals surface area contributed by atoms with E-state index in [-0.39, 0.29) is 11.1 Å². The van der Waals surface area contributed by atoms with Crippen LogP contribution in [-0.4, -0.2) is 10.9 Å². The minimum absolute atomic E-state index is 0.230. The van der Waals surface area contributed by atoms with Crippen LogP contribution in [0, 0.1) is 0 Å². The molecule has 0 aliphatic carbocycles. The molecule has 0 unspecified atom stereocenters. The Kier molecular flexibility index (Phi) is 4.53. The fourth-order valence-corrected chi connectivity index (χ4v) is 2.12. The summed E-state index contributed by atoms with van der Waals surface area (Å²) in [5.41, 5.74) is 0.733. The lowest BCUT2D eigenvalue weighted by Gasteiger charge is -2.08. The zero-order valence-corrected chi connectivity index (χ0v) is 12.3. The first-order valence-corrected chi connectivity index (χ1v) is 6.56. The molecule has 0 bridgehead atoms. The van der Waals surface area contributed by atoms with Gasteiger partial charge in [-0.25, -0.2) is 4.98 Å². The molecular weight excluding hydrogens is 330 g/mol. The van der Waals surface area contributed by atoms with Gasteiger partial charge >= 0.3 is 0 Å². The summed E-state index contributed by atoms with van der Waals surface area (Å²) >= 11 is 23.4. The smallest absolute Gasteiger partial charge is 0.255 e. The first-order chi connectivity index (χ1) is 8.97. The van der Waals surface area contributed by atoms with Crippen molar-refractivity contribution in [1.82, 2.24) is 4.98 Å². The zero-order chi connectivity index (χ0) is 14.0. The van der Waals surface area contributed by atoms with Crippen molar-refractivity contribution in [2.75, 3.05) is 5.32 Å². The van der Waals surface area contributed by atoms with Crippen LogP contribution in [-0.2, 0) is 0 Å². The van der Waals surface area contributed by atoms with Crippen LogP contribution in [0.4, 0.5) is 5.69 Å². The lowest BCUT2D eigenvalue weighted by molar-refractivity contribution is 0.102. The summed E-state index contributed by atoms with van der Waals surface area (Å²) in [4.78, 5) is 15.8. The Balaban J connectivity index is 2.27. The molecule has 1 heterocycles. The van der Waals surface area contributed by atoms with E-state index in [0.29, 0.717) is 26.3 Å². The van der Waals surface area contributed by atoms with E-state index in [1.807, 2.05) is 0 Å². The molecule has 98 valence electrons. The van der Waals surface area contributed by atoms with Gasteiger partial charge in [0, 0.05) is 11.8 Å². The number of nitrogens with one attached hydrogen (secondary N) is 1. The molecule has 7 heteroatoms. The minimum Gasteiger partial charge on any atom is -0.321 e. The fourth-order valence-electron chi connectivity index (χ4n) is 1.36. The molecule has 1 N–H and O–H groups in total. The molecule has 1 aromatic carbocycles. The summed E-state index contributed by atoms with van der Waals surface area (Å²) in [7, 11) is 0. The van der Waals surface area contributed by atoms with E-state index in [2.05, 4.69) is 10.3 Å². The number of benzene rings is 1. The minimum atomic E-state index is -0.371. The van der Waals surface area contributed by atoms with Gasteiger partial charge in [-0.05, 0) is 24.3 Å². The van der Waals surface area contributed by atoms with Crippen LogP contribution in [0.25, 0.3) is 0 Å². The van der Waals surface area contributed by atoms with Gasteiger partial charge in [-0.2, -0.15) is 0 Å². The van der Waals surface area contributed by atoms with Crippen molar-refractivity contribution < 1.29 is 4.79 Å². The Morgan fingerprint density at radius 1 is 1.00 bits per heavy atom. The molecule has 1 amide bonds. The third-order valence-electron chi connectivity index (χ3n) is 2.25. The Morgan fingerprint density at radius 3 is 2.37 bits per heavy atom. The number of amides is 1. The number of aromatic nitrogens is 1. The molecular formula is C12H6Cl4N2O. The Labute approximate surface area is 129 Å². The number of carbonyl (C=O) groups excluding carboxylic acids is 1. The van der Waals surface area contributed by atoms with Crippen molar-refractivity contribution >= 4 is 58.0 Å². The van der Waals surface area contributed by atoms with Crippen molar-refractivity contribution in [3.8, 4) is 0 Å². The summed E-state index contributed by atoms with van der Waals surface area (Å²) in [5, 5.41) is 3.76. The predicted molar refractivity (Wildman–Crippen MR) is 78.7 cm³/mol. The highest BCUT2D eigenvalue weighted by molar-refractivity contribution is 6.44. The van der Waals surface area contributed by atoms with E-state index in [0.717, 1.165) is 0 Å². The molecule has 2 aromatic rings. The monoisotopic (exact) mass is 334 g/mol. The van der Waals surface area contributed by atoms with Crippen LogP contribution in [0.5, 0.6) is 0 Å². The van der Waals surface area contributed by atoms with Crippen molar-refractivity contribution in [3.63, 3.8) is 0 Å². The van der Waals surface area contributed by atoms with Crippen LogP contribution in [0.1, 0.15) is 10.4 Å². The summed E-state index contributed by atoms with van der Waals surface area (Å²) < 4.78 is 0. The standard InChI is InChI=1S/C12H6Cl4N2O/c13-7-4-9(15)10(5-8(7)14)18-12(19)6-1-2-17-11(16)3-6/h1-5H,(H,18,19). The molecule has 0 atom stereocenters. The summed E-state index contributed by atoms with van der Waals surface area (Å²) in [6.07, 6.45) is 1.44. The average Bonchev–Trinajstić information content (AvgIpc) is 2.36. The molecule has 3 nitrogen and oxygen atoms in total. The van der Waals surface area contributed by atoms with Crippen molar-refractivity contribution in [2.45, 2.75) is 0 Å². The molecule has 1 aromatic heterocycles. The number of halogens is 4. The van der Waals surface area contributed by atoms with E-state index in [9.17, 15) is 4.79 Å². The number of nitrogens with zero attached hydrogens (tertiary/aromatic N) is 1. The lowest BCUT2D eigenvalue weighted by Crippen LogP contribution is -2.12. The first kappa shape index (κ1) is 14.4. The van der Waals surface area contributed by atoms with Crippen molar-refractivity contribution in [2.24, 2.45) is 0 Å². The highest BCUT2D eigenvalue weighted by Gasteiger charge is 2.11. The van der Waals surface area contributed by atoms with E-state index in [1.54, 1.807) is 0 Å². The summed E-state index contributed by atoms with van der Waals surface area (Å²) in [5.74, 6) is -0.371. The van der Waals surface area contributed by atoms with Gasteiger partial charge in [0.05, 0.1) is 20.8 Å². The second-order valence-electron chi connectivity index (χ2n) is 3.57. The van der Waals surface area contributed by atoms with Crippen LogP contribution < -0.4 is 5.32 Å². The van der Waals surface area contributed by atoms with E-state index in [4.69, 9.17) is 46.4 Å². The van der Waals surface area contributed by atoms with Gasteiger partial charge in [0.25, 0.3) is 5.91 Å². The van der Waals surface area contributed by atoms with Crippen molar-refractivity contribution in [3.05, 3.63) is 56.2 Å². The first-order valence-electron chi connectivity index (χ1n) is 5.05. The van der Waals surface area contributed by atoms with Gasteiger partial charge < -0.3 is 5.32 Å². The van der Waals surface area contributed by atoms with Gasteiger partial charge in [0.1, 0.15) is 5.15 Å². The number of pyridine rings is 1. The average molecular weight is 336 g/mol. The molecule has 0 radical (unpaired) electrons. The fraction of sp³-hybridized carbons (Fsp3) is 0. The predicted octanol–water partition coefficient (Wildman–Crippen LogP) is 4.95. The van der Waals surface area contributed by atoms with Crippen LogP contribution >= 0.6 is 46.4 Å². The molecule has 2 rings (SSSR count). The number of anilines is 1.